The molecule has 2 N–H and O–H groups in total. The Morgan fingerprint density at radius 2 is 1.74 bits per heavy atom. The molecule has 0 spiro atoms. The van der Waals surface area contributed by atoms with Crippen LogP contribution in [0.2, 0.25) is 0 Å². The van der Waals surface area contributed by atoms with Gasteiger partial charge in [-0.15, -0.1) is 0 Å². The molecule has 0 aliphatic rings. The van der Waals surface area contributed by atoms with Crippen molar-refractivity contribution in [2.45, 2.75) is 46.2 Å². The maximum Gasteiger partial charge on any atom is 0.243 e. The fourth-order valence-electron chi connectivity index (χ4n) is 2.77. The molecule has 6 nitrogen and oxygen atoms in total. The molecule has 1 rings (SSSR count). The highest BCUT2D eigenvalue weighted by atomic mass is 16.2. The van der Waals surface area contributed by atoms with E-state index in [-0.39, 0.29) is 24.5 Å². The van der Waals surface area contributed by atoms with Crippen molar-refractivity contribution >= 4 is 11.9 Å². The lowest BCUT2D eigenvalue weighted by Crippen LogP contribution is -2.46. The molecule has 6 heteroatoms. The Bertz CT molecular complexity index is 569. The van der Waals surface area contributed by atoms with Gasteiger partial charge in [0.25, 0.3) is 0 Å². The Morgan fingerprint density at radius 1 is 1.11 bits per heavy atom. The first kappa shape index (κ1) is 23.0. The van der Waals surface area contributed by atoms with Crippen LogP contribution in [0, 0.1) is 0 Å². The van der Waals surface area contributed by atoms with Gasteiger partial charge in [-0.05, 0) is 32.0 Å². The van der Waals surface area contributed by atoms with Crippen molar-refractivity contribution in [2.24, 2.45) is 4.99 Å². The molecule has 0 saturated heterocycles. The number of nitrogens with one attached hydrogen (secondary N) is 2. The molecule has 152 valence electrons. The normalized spacial score (nSPS) is 14.0. The van der Waals surface area contributed by atoms with Gasteiger partial charge in [-0.1, -0.05) is 51.1 Å². The van der Waals surface area contributed by atoms with Gasteiger partial charge in [0.2, 0.25) is 5.91 Å². The number of hydrogen-bond acceptors (Lipinski definition) is 3. The molecule has 0 aliphatic heterocycles. The molecular weight excluding hydrogens is 338 g/mol. The highest BCUT2D eigenvalue weighted by molar-refractivity contribution is 5.84. The summed E-state index contributed by atoms with van der Waals surface area (Å²) in [6.07, 6.45) is 0.987. The molecule has 0 aromatic heterocycles. The minimum absolute atomic E-state index is 0.0106. The predicted octanol–water partition coefficient (Wildman–Crippen LogP) is 2.49. The van der Waals surface area contributed by atoms with Crippen molar-refractivity contribution in [2.75, 3.05) is 40.3 Å². The van der Waals surface area contributed by atoms with Gasteiger partial charge in [-0.25, -0.2) is 4.99 Å². The number of carbonyl (C=O) groups excluding carboxylic acids is 1. The summed E-state index contributed by atoms with van der Waals surface area (Å²) in [5, 5.41) is 6.85. The fraction of sp³-hybridized carbons (Fsp3) is 0.619. The minimum Gasteiger partial charge on any atom is -0.354 e. The van der Waals surface area contributed by atoms with E-state index < -0.39 is 0 Å². The van der Waals surface area contributed by atoms with Crippen LogP contribution in [-0.4, -0.2) is 68.0 Å². The van der Waals surface area contributed by atoms with E-state index in [1.54, 1.807) is 19.0 Å². The summed E-state index contributed by atoms with van der Waals surface area (Å²) >= 11 is 0. The van der Waals surface area contributed by atoms with E-state index in [0.29, 0.717) is 5.96 Å². The lowest BCUT2D eigenvalue weighted by atomic mass is 10.1. The van der Waals surface area contributed by atoms with E-state index in [1.165, 1.54) is 5.56 Å². The van der Waals surface area contributed by atoms with Crippen LogP contribution in [0.1, 0.15) is 45.7 Å². The second-order valence-electron chi connectivity index (χ2n) is 6.94. The van der Waals surface area contributed by atoms with Gasteiger partial charge in [-0.2, -0.15) is 0 Å². The zero-order valence-corrected chi connectivity index (χ0v) is 17.8. The van der Waals surface area contributed by atoms with Crippen molar-refractivity contribution in [1.29, 1.82) is 0 Å². The largest absolute Gasteiger partial charge is 0.354 e. The molecule has 0 bridgehead atoms. The van der Waals surface area contributed by atoms with Gasteiger partial charge in [0, 0.05) is 26.7 Å². The molecule has 2 unspecified atom stereocenters. The van der Waals surface area contributed by atoms with Crippen LogP contribution in [0.25, 0.3) is 0 Å². The summed E-state index contributed by atoms with van der Waals surface area (Å²) in [6, 6.07) is 11.1. The lowest BCUT2D eigenvalue weighted by molar-refractivity contribution is -0.127. The van der Waals surface area contributed by atoms with Crippen LogP contribution in [0.15, 0.2) is 35.3 Å². The summed E-state index contributed by atoms with van der Waals surface area (Å²) in [6.45, 7) is 11.4. The molecule has 0 aliphatic carbocycles. The third-order valence-corrected chi connectivity index (χ3v) is 4.77. The van der Waals surface area contributed by atoms with Gasteiger partial charge in [-0.3, -0.25) is 9.69 Å². The van der Waals surface area contributed by atoms with Crippen LogP contribution in [0.5, 0.6) is 0 Å². The molecule has 0 saturated carbocycles. The number of aliphatic imine (C=N–C) groups is 1. The summed E-state index contributed by atoms with van der Waals surface area (Å²) in [4.78, 5) is 20.4. The van der Waals surface area contributed by atoms with Gasteiger partial charge < -0.3 is 15.5 Å². The van der Waals surface area contributed by atoms with Crippen LogP contribution in [0.3, 0.4) is 0 Å². The first-order valence-corrected chi connectivity index (χ1v) is 9.96. The molecule has 0 heterocycles. The lowest BCUT2D eigenvalue weighted by Gasteiger charge is -2.31. The van der Waals surface area contributed by atoms with Crippen LogP contribution < -0.4 is 10.6 Å². The third kappa shape index (κ3) is 7.99. The Balaban J connectivity index is 2.92. The number of rotatable bonds is 10. The topological polar surface area (TPSA) is 60.0 Å². The van der Waals surface area contributed by atoms with Gasteiger partial charge >= 0.3 is 0 Å². The Labute approximate surface area is 165 Å². The Morgan fingerprint density at radius 3 is 2.26 bits per heavy atom. The molecule has 1 aromatic rings. The van der Waals surface area contributed by atoms with Gasteiger partial charge in [0.15, 0.2) is 5.96 Å². The third-order valence-electron chi connectivity index (χ3n) is 4.77. The van der Waals surface area contributed by atoms with Crippen LogP contribution in [0.4, 0.5) is 0 Å². The van der Waals surface area contributed by atoms with Crippen molar-refractivity contribution in [3.8, 4) is 0 Å². The second-order valence-corrected chi connectivity index (χ2v) is 6.94. The van der Waals surface area contributed by atoms with Crippen LogP contribution in [-0.2, 0) is 4.79 Å². The van der Waals surface area contributed by atoms with Crippen molar-refractivity contribution in [3.63, 3.8) is 0 Å². The van der Waals surface area contributed by atoms with E-state index in [0.717, 1.165) is 26.1 Å². The summed E-state index contributed by atoms with van der Waals surface area (Å²) in [7, 11) is 3.50. The number of benzene rings is 1. The van der Waals surface area contributed by atoms with Crippen molar-refractivity contribution in [1.82, 2.24) is 20.4 Å². The average Bonchev–Trinajstić information content (AvgIpc) is 2.68. The average molecular weight is 376 g/mol. The molecule has 1 aromatic carbocycles. The zero-order chi connectivity index (χ0) is 20.2. The first-order chi connectivity index (χ1) is 12.9. The summed E-state index contributed by atoms with van der Waals surface area (Å²) < 4.78 is 0. The van der Waals surface area contributed by atoms with E-state index >= 15 is 0 Å². The molecule has 0 radical (unpaired) electrons. The fourth-order valence-corrected chi connectivity index (χ4v) is 2.77. The molecule has 0 fully saturated rings. The number of carbonyl (C=O) groups is 1. The van der Waals surface area contributed by atoms with Gasteiger partial charge in [0.05, 0.1) is 6.04 Å². The van der Waals surface area contributed by atoms with Crippen molar-refractivity contribution < 1.29 is 4.79 Å². The van der Waals surface area contributed by atoms with Crippen molar-refractivity contribution in [3.05, 3.63) is 35.9 Å². The van der Waals surface area contributed by atoms with Gasteiger partial charge in [0.1, 0.15) is 6.54 Å². The smallest absolute Gasteiger partial charge is 0.243 e. The van der Waals surface area contributed by atoms with Crippen LogP contribution >= 0.6 is 0 Å². The molecule has 27 heavy (non-hydrogen) atoms. The SMILES string of the molecule is CCC(C)NC(=NCC(=O)N(C)C)NCC(c1ccccc1)N(CC)CC. The number of likely N-dealkylation sites (N-methyl/N-ethyl adjacent to an activating group) is 2. The number of guanidine groups is 1. The molecule has 1 amide bonds. The number of nitrogens with zero attached hydrogens (tertiary/aromatic N) is 3. The highest BCUT2D eigenvalue weighted by Gasteiger charge is 2.18. The molecule has 2 atom stereocenters. The van der Waals surface area contributed by atoms with E-state index in [1.807, 2.05) is 6.07 Å². The number of amides is 1. The minimum atomic E-state index is -0.0106. The summed E-state index contributed by atoms with van der Waals surface area (Å²) in [5.74, 6) is 0.677. The van der Waals surface area contributed by atoms with E-state index in [2.05, 4.69) is 72.5 Å². The Kier molecular flexibility index (Phi) is 10.5. The zero-order valence-electron chi connectivity index (χ0n) is 17.8. The summed E-state index contributed by atoms with van der Waals surface area (Å²) in [5.41, 5.74) is 1.28. The number of hydrogen-bond donors (Lipinski definition) is 2. The Hall–Kier alpha value is -2.08. The first-order valence-electron chi connectivity index (χ1n) is 9.96. The standard InChI is InChI=1S/C21H37N5O/c1-7-17(4)24-21(23-16-20(27)25(5)6)22-15-19(26(8-2)9-3)18-13-11-10-12-14-18/h10-14,17,19H,7-9,15-16H2,1-6H3,(H2,22,23,24). The quantitative estimate of drug-likeness (QED) is 0.487. The maximum atomic E-state index is 11.9. The van der Waals surface area contributed by atoms with E-state index in [9.17, 15) is 4.79 Å². The maximum absolute atomic E-state index is 11.9. The monoisotopic (exact) mass is 375 g/mol. The predicted molar refractivity (Wildman–Crippen MR) is 114 cm³/mol. The second kappa shape index (κ2) is 12.3. The van der Waals surface area contributed by atoms with E-state index in [4.69, 9.17) is 0 Å². The molecular formula is C21H37N5O. The highest BCUT2D eigenvalue weighted by Crippen LogP contribution is 2.19.